The van der Waals surface area contributed by atoms with Crippen LogP contribution >= 0.6 is 11.6 Å². The van der Waals surface area contributed by atoms with E-state index in [1.165, 1.54) is 30.6 Å². The number of carbonyl (C=O) groups is 1. The third-order valence-electron chi connectivity index (χ3n) is 3.49. The number of alkyl halides is 3. The van der Waals surface area contributed by atoms with Crippen LogP contribution in [0.3, 0.4) is 0 Å². The van der Waals surface area contributed by atoms with Gasteiger partial charge >= 0.3 is 6.18 Å². The van der Waals surface area contributed by atoms with Gasteiger partial charge in [0.05, 0.1) is 28.0 Å². The first-order valence-corrected chi connectivity index (χ1v) is 8.02. The molecule has 0 spiro atoms. The number of benzene rings is 1. The van der Waals surface area contributed by atoms with Crippen LogP contribution in [0.1, 0.15) is 15.9 Å². The zero-order valence-corrected chi connectivity index (χ0v) is 14.3. The topological polar surface area (TPSA) is 66.9 Å². The Hall–Kier alpha value is -3.13. The maximum Gasteiger partial charge on any atom is 0.417 e. The van der Waals surface area contributed by atoms with Crippen molar-refractivity contribution in [3.63, 3.8) is 0 Å². The van der Waals surface area contributed by atoms with Gasteiger partial charge in [-0.15, -0.1) is 0 Å². The van der Waals surface area contributed by atoms with Gasteiger partial charge < -0.3 is 10.6 Å². The summed E-state index contributed by atoms with van der Waals surface area (Å²) < 4.78 is 38.7. The highest BCUT2D eigenvalue weighted by Crippen LogP contribution is 2.36. The van der Waals surface area contributed by atoms with E-state index in [-0.39, 0.29) is 16.6 Å². The summed E-state index contributed by atoms with van der Waals surface area (Å²) in [6.45, 7) is 0. The number of rotatable bonds is 4. The predicted molar refractivity (Wildman–Crippen MR) is 96.2 cm³/mol. The molecule has 1 amide bonds. The quantitative estimate of drug-likeness (QED) is 0.644. The summed E-state index contributed by atoms with van der Waals surface area (Å²) in [5.74, 6) is -0.0784. The van der Waals surface area contributed by atoms with E-state index in [1.54, 1.807) is 24.4 Å². The molecule has 3 rings (SSSR count). The highest BCUT2D eigenvalue weighted by atomic mass is 35.5. The fourth-order valence-corrected chi connectivity index (χ4v) is 2.44. The lowest BCUT2D eigenvalue weighted by molar-refractivity contribution is -0.137. The second kappa shape index (κ2) is 7.63. The highest BCUT2D eigenvalue weighted by molar-refractivity contribution is 6.31. The van der Waals surface area contributed by atoms with E-state index in [0.717, 1.165) is 6.07 Å². The van der Waals surface area contributed by atoms with Crippen molar-refractivity contribution in [1.29, 1.82) is 0 Å². The molecule has 138 valence electrons. The average molecular weight is 393 g/mol. The molecule has 27 heavy (non-hydrogen) atoms. The largest absolute Gasteiger partial charge is 0.417 e. The molecule has 0 bridgehead atoms. The van der Waals surface area contributed by atoms with Gasteiger partial charge in [-0.25, -0.2) is 4.98 Å². The first-order chi connectivity index (χ1) is 12.8. The molecule has 5 nitrogen and oxygen atoms in total. The van der Waals surface area contributed by atoms with Crippen LogP contribution in [0.5, 0.6) is 0 Å². The Balaban J connectivity index is 1.70. The molecule has 0 saturated heterocycles. The number of pyridine rings is 2. The lowest BCUT2D eigenvalue weighted by Crippen LogP contribution is -2.13. The standard InChI is InChI=1S/C18H12ClF3N4O/c19-15-5-3-12(8-14(15)18(20,21)22)25-13-4-6-16(24-10-13)26-17(27)11-2-1-7-23-9-11/h1-10,25H,(H,24,26,27). The van der Waals surface area contributed by atoms with E-state index in [2.05, 4.69) is 20.6 Å². The summed E-state index contributed by atoms with van der Waals surface area (Å²) in [5, 5.41) is 5.04. The third kappa shape index (κ3) is 4.73. The first-order valence-electron chi connectivity index (χ1n) is 7.64. The van der Waals surface area contributed by atoms with Crippen molar-refractivity contribution in [1.82, 2.24) is 9.97 Å². The molecule has 9 heteroatoms. The van der Waals surface area contributed by atoms with E-state index in [4.69, 9.17) is 11.6 Å². The predicted octanol–water partition coefficient (Wildman–Crippen LogP) is 5.14. The number of anilines is 3. The maximum absolute atomic E-state index is 12.9. The van der Waals surface area contributed by atoms with Gasteiger partial charge in [-0.2, -0.15) is 13.2 Å². The molecule has 0 unspecified atom stereocenters. The number of aromatic nitrogens is 2. The number of nitrogens with zero attached hydrogens (tertiary/aromatic N) is 2. The first kappa shape index (κ1) is 18.7. The summed E-state index contributed by atoms with van der Waals surface area (Å²) in [4.78, 5) is 20.0. The lowest BCUT2D eigenvalue weighted by atomic mass is 10.2. The molecule has 0 radical (unpaired) electrons. The summed E-state index contributed by atoms with van der Waals surface area (Å²) in [7, 11) is 0. The van der Waals surface area contributed by atoms with E-state index in [1.807, 2.05) is 0 Å². The van der Waals surface area contributed by atoms with E-state index in [0.29, 0.717) is 17.1 Å². The Kier molecular flexibility index (Phi) is 5.27. The molecule has 0 saturated carbocycles. The minimum absolute atomic E-state index is 0.209. The van der Waals surface area contributed by atoms with Crippen molar-refractivity contribution in [3.8, 4) is 0 Å². The summed E-state index contributed by atoms with van der Waals surface area (Å²) >= 11 is 5.60. The van der Waals surface area contributed by atoms with Gasteiger partial charge in [0, 0.05) is 18.1 Å². The number of hydrogen-bond donors (Lipinski definition) is 2. The third-order valence-corrected chi connectivity index (χ3v) is 3.82. The molecule has 1 aromatic carbocycles. The molecule has 0 aliphatic heterocycles. The van der Waals surface area contributed by atoms with Gasteiger partial charge in [0.1, 0.15) is 5.82 Å². The fourth-order valence-electron chi connectivity index (χ4n) is 2.21. The fraction of sp³-hybridized carbons (Fsp3) is 0.0556. The van der Waals surface area contributed by atoms with Crippen LogP contribution < -0.4 is 10.6 Å². The van der Waals surface area contributed by atoms with Crippen LogP contribution in [0.25, 0.3) is 0 Å². The maximum atomic E-state index is 12.9. The average Bonchev–Trinajstić information content (AvgIpc) is 2.64. The van der Waals surface area contributed by atoms with E-state index >= 15 is 0 Å². The summed E-state index contributed by atoms with van der Waals surface area (Å²) in [5.41, 5.74) is 0.107. The molecule has 3 aromatic rings. The van der Waals surface area contributed by atoms with Crippen molar-refractivity contribution in [2.45, 2.75) is 6.18 Å². The molecule has 0 atom stereocenters. The second-order valence-corrected chi connectivity index (χ2v) is 5.85. The van der Waals surface area contributed by atoms with Gasteiger partial charge in [-0.1, -0.05) is 11.6 Å². The molecular formula is C18H12ClF3N4O. The zero-order valence-electron chi connectivity index (χ0n) is 13.6. The Labute approximate surface area is 157 Å². The van der Waals surface area contributed by atoms with Gasteiger partial charge in [-0.3, -0.25) is 9.78 Å². The minimum atomic E-state index is -4.55. The smallest absolute Gasteiger partial charge is 0.354 e. The number of hydrogen-bond acceptors (Lipinski definition) is 4. The van der Waals surface area contributed by atoms with Crippen molar-refractivity contribution in [2.24, 2.45) is 0 Å². The van der Waals surface area contributed by atoms with Crippen LogP contribution in [0.15, 0.2) is 61.1 Å². The van der Waals surface area contributed by atoms with Crippen molar-refractivity contribution >= 4 is 34.7 Å². The van der Waals surface area contributed by atoms with Crippen LogP contribution in [-0.2, 0) is 6.18 Å². The molecular weight excluding hydrogens is 381 g/mol. The Morgan fingerprint density at radius 1 is 1.04 bits per heavy atom. The summed E-state index contributed by atoms with van der Waals surface area (Å²) in [6, 6.07) is 9.86. The van der Waals surface area contributed by atoms with Gasteiger partial charge in [0.15, 0.2) is 0 Å². The molecule has 2 N–H and O–H groups in total. The number of nitrogens with one attached hydrogen (secondary N) is 2. The van der Waals surface area contributed by atoms with Crippen molar-refractivity contribution < 1.29 is 18.0 Å². The molecule has 2 aromatic heterocycles. The molecule has 2 heterocycles. The SMILES string of the molecule is O=C(Nc1ccc(Nc2ccc(Cl)c(C(F)(F)F)c2)cn1)c1cccnc1. The Bertz CT molecular complexity index is 947. The van der Waals surface area contributed by atoms with Crippen molar-refractivity contribution in [3.05, 3.63) is 77.2 Å². The normalized spacial score (nSPS) is 11.1. The Morgan fingerprint density at radius 3 is 2.44 bits per heavy atom. The Morgan fingerprint density at radius 2 is 1.81 bits per heavy atom. The zero-order chi connectivity index (χ0) is 19.4. The molecule has 0 fully saturated rings. The van der Waals surface area contributed by atoms with Gasteiger partial charge in [-0.05, 0) is 42.5 Å². The number of carbonyl (C=O) groups excluding carboxylic acids is 1. The molecule has 0 aliphatic carbocycles. The van der Waals surface area contributed by atoms with Crippen LogP contribution in [0.4, 0.5) is 30.4 Å². The van der Waals surface area contributed by atoms with Gasteiger partial charge in [0.2, 0.25) is 0 Å². The van der Waals surface area contributed by atoms with E-state index < -0.39 is 11.7 Å². The van der Waals surface area contributed by atoms with E-state index in [9.17, 15) is 18.0 Å². The highest BCUT2D eigenvalue weighted by Gasteiger charge is 2.33. The molecule has 0 aliphatic rings. The minimum Gasteiger partial charge on any atom is -0.354 e. The van der Waals surface area contributed by atoms with Crippen LogP contribution in [0.2, 0.25) is 5.02 Å². The van der Waals surface area contributed by atoms with Crippen LogP contribution in [0, 0.1) is 0 Å². The van der Waals surface area contributed by atoms with Crippen molar-refractivity contribution in [2.75, 3.05) is 10.6 Å². The van der Waals surface area contributed by atoms with Crippen LogP contribution in [-0.4, -0.2) is 15.9 Å². The number of halogens is 4. The van der Waals surface area contributed by atoms with Gasteiger partial charge in [0.25, 0.3) is 5.91 Å². The second-order valence-electron chi connectivity index (χ2n) is 5.45. The number of amides is 1. The summed E-state index contributed by atoms with van der Waals surface area (Å²) in [6.07, 6.45) is -0.186. The lowest BCUT2D eigenvalue weighted by Gasteiger charge is -2.12. The monoisotopic (exact) mass is 392 g/mol.